The molecule has 20 heavy (non-hydrogen) atoms. The maximum absolute atomic E-state index is 10.6. The van der Waals surface area contributed by atoms with Crippen LogP contribution in [0.25, 0.3) is 0 Å². The van der Waals surface area contributed by atoms with Crippen molar-refractivity contribution in [2.45, 2.75) is 25.6 Å². The summed E-state index contributed by atoms with van der Waals surface area (Å²) in [7, 11) is 0. The Morgan fingerprint density at radius 2 is 1.80 bits per heavy atom. The molecule has 0 fully saturated rings. The van der Waals surface area contributed by atoms with Crippen molar-refractivity contribution in [3.8, 4) is 0 Å². The number of nitro benzene ring substituents is 1. The van der Waals surface area contributed by atoms with E-state index >= 15 is 0 Å². The van der Waals surface area contributed by atoms with Crippen molar-refractivity contribution in [2.24, 2.45) is 0 Å². The van der Waals surface area contributed by atoms with E-state index in [-0.39, 0.29) is 11.1 Å². The second-order valence-corrected chi connectivity index (χ2v) is 5.48. The highest BCUT2D eigenvalue weighted by Gasteiger charge is 2.13. The number of rotatable bonds is 4. The molecular weight excluding hydrogens is 274 g/mol. The third kappa shape index (κ3) is 3.36. The van der Waals surface area contributed by atoms with Gasteiger partial charge in [0.15, 0.2) is 0 Å². The standard InChI is InChI=1S/C16H16ClNO2/c1-11-3-4-12(2)15(9-11)16(17)10-13-5-7-14(8-6-13)18(19)20/h3-9,16H,10H2,1-2H3. The molecule has 4 heteroatoms. The Labute approximate surface area is 123 Å². The Morgan fingerprint density at radius 3 is 2.40 bits per heavy atom. The fraction of sp³-hybridized carbons (Fsp3) is 0.250. The summed E-state index contributed by atoms with van der Waals surface area (Å²) in [6.45, 7) is 4.08. The molecule has 0 aliphatic carbocycles. The molecule has 104 valence electrons. The average molecular weight is 290 g/mol. The zero-order valence-corrected chi connectivity index (χ0v) is 12.2. The van der Waals surface area contributed by atoms with Gasteiger partial charge in [-0.2, -0.15) is 0 Å². The molecule has 2 aromatic carbocycles. The lowest BCUT2D eigenvalue weighted by Crippen LogP contribution is -1.99. The summed E-state index contributed by atoms with van der Waals surface area (Å²) >= 11 is 6.49. The van der Waals surface area contributed by atoms with Gasteiger partial charge in [0, 0.05) is 12.1 Å². The van der Waals surface area contributed by atoms with Crippen molar-refractivity contribution in [1.82, 2.24) is 0 Å². The van der Waals surface area contributed by atoms with Gasteiger partial charge in [0.25, 0.3) is 5.69 Å². The van der Waals surface area contributed by atoms with Crippen molar-refractivity contribution in [2.75, 3.05) is 0 Å². The van der Waals surface area contributed by atoms with Gasteiger partial charge in [-0.05, 0) is 37.0 Å². The fourth-order valence-electron chi connectivity index (χ4n) is 2.17. The Morgan fingerprint density at radius 1 is 1.15 bits per heavy atom. The van der Waals surface area contributed by atoms with E-state index in [1.165, 1.54) is 17.7 Å². The van der Waals surface area contributed by atoms with Gasteiger partial charge in [-0.25, -0.2) is 0 Å². The minimum absolute atomic E-state index is 0.103. The highest BCUT2D eigenvalue weighted by atomic mass is 35.5. The Hall–Kier alpha value is -1.87. The first kappa shape index (κ1) is 14.5. The van der Waals surface area contributed by atoms with Gasteiger partial charge in [-0.3, -0.25) is 10.1 Å². The minimum Gasteiger partial charge on any atom is -0.258 e. The van der Waals surface area contributed by atoms with Crippen LogP contribution in [0, 0.1) is 24.0 Å². The number of nitrogens with zero attached hydrogens (tertiary/aromatic N) is 1. The molecule has 1 unspecified atom stereocenters. The molecule has 3 nitrogen and oxygen atoms in total. The highest BCUT2D eigenvalue weighted by molar-refractivity contribution is 6.21. The first-order valence-electron chi connectivity index (χ1n) is 6.42. The van der Waals surface area contributed by atoms with Gasteiger partial charge in [0.1, 0.15) is 0 Å². The molecule has 0 saturated carbocycles. The van der Waals surface area contributed by atoms with Gasteiger partial charge >= 0.3 is 0 Å². The van der Waals surface area contributed by atoms with E-state index in [9.17, 15) is 10.1 Å². The Bertz CT molecular complexity index is 623. The molecule has 2 aromatic rings. The number of hydrogen-bond donors (Lipinski definition) is 0. The van der Waals surface area contributed by atoms with Crippen molar-refractivity contribution in [3.05, 3.63) is 74.8 Å². The van der Waals surface area contributed by atoms with E-state index in [0.717, 1.165) is 16.7 Å². The van der Waals surface area contributed by atoms with Crippen LogP contribution in [0.2, 0.25) is 0 Å². The van der Waals surface area contributed by atoms with Crippen molar-refractivity contribution in [1.29, 1.82) is 0 Å². The van der Waals surface area contributed by atoms with Crippen LogP contribution in [-0.4, -0.2) is 4.92 Å². The first-order chi connectivity index (χ1) is 9.47. The molecular formula is C16H16ClNO2. The van der Waals surface area contributed by atoms with Crippen LogP contribution in [0.5, 0.6) is 0 Å². The summed E-state index contributed by atoms with van der Waals surface area (Å²) < 4.78 is 0. The molecule has 0 aliphatic heterocycles. The molecule has 0 spiro atoms. The third-order valence-corrected chi connectivity index (χ3v) is 3.72. The second kappa shape index (κ2) is 6.06. The largest absolute Gasteiger partial charge is 0.269 e. The lowest BCUT2D eigenvalue weighted by atomic mass is 9.98. The summed E-state index contributed by atoms with van der Waals surface area (Å²) in [6.07, 6.45) is 0.657. The number of benzene rings is 2. The molecule has 0 aromatic heterocycles. The Kier molecular flexibility index (Phi) is 4.40. The van der Waals surface area contributed by atoms with Gasteiger partial charge < -0.3 is 0 Å². The summed E-state index contributed by atoms with van der Waals surface area (Å²) in [5.74, 6) is 0. The SMILES string of the molecule is Cc1ccc(C)c(C(Cl)Cc2ccc([N+](=O)[O-])cc2)c1. The van der Waals surface area contributed by atoms with Crippen LogP contribution in [-0.2, 0) is 6.42 Å². The van der Waals surface area contributed by atoms with E-state index in [2.05, 4.69) is 18.2 Å². The predicted octanol–water partition coefficient (Wildman–Crippen LogP) is 4.73. The quantitative estimate of drug-likeness (QED) is 0.464. The summed E-state index contributed by atoms with van der Waals surface area (Å²) in [5.41, 5.74) is 4.56. The van der Waals surface area contributed by atoms with Gasteiger partial charge in [0.2, 0.25) is 0 Å². The summed E-state index contributed by atoms with van der Waals surface area (Å²) in [4.78, 5) is 10.2. The van der Waals surface area contributed by atoms with E-state index in [1.807, 2.05) is 13.8 Å². The Balaban J connectivity index is 2.16. The molecule has 0 saturated heterocycles. The molecule has 2 rings (SSSR count). The van der Waals surface area contributed by atoms with Crippen LogP contribution in [0.1, 0.15) is 27.6 Å². The molecule has 0 amide bonds. The fourth-order valence-corrected chi connectivity index (χ4v) is 2.58. The molecule has 0 heterocycles. The normalized spacial score (nSPS) is 12.2. The zero-order valence-electron chi connectivity index (χ0n) is 11.5. The van der Waals surface area contributed by atoms with Crippen LogP contribution < -0.4 is 0 Å². The molecule has 1 atom stereocenters. The molecule has 0 radical (unpaired) electrons. The van der Waals surface area contributed by atoms with Crippen LogP contribution in [0.15, 0.2) is 42.5 Å². The number of alkyl halides is 1. The van der Waals surface area contributed by atoms with E-state index < -0.39 is 4.92 Å². The van der Waals surface area contributed by atoms with Crippen LogP contribution >= 0.6 is 11.6 Å². The molecule has 0 N–H and O–H groups in total. The van der Waals surface area contributed by atoms with Gasteiger partial charge in [-0.1, -0.05) is 35.9 Å². The number of halogens is 1. The highest BCUT2D eigenvalue weighted by Crippen LogP contribution is 2.29. The zero-order chi connectivity index (χ0) is 14.7. The topological polar surface area (TPSA) is 43.1 Å². The number of aryl methyl sites for hydroxylation is 2. The second-order valence-electron chi connectivity index (χ2n) is 4.96. The predicted molar refractivity (Wildman–Crippen MR) is 81.3 cm³/mol. The minimum atomic E-state index is -0.396. The lowest BCUT2D eigenvalue weighted by Gasteiger charge is -2.13. The van der Waals surface area contributed by atoms with Crippen LogP contribution in [0.4, 0.5) is 5.69 Å². The summed E-state index contributed by atoms with van der Waals surface area (Å²) in [6, 6.07) is 12.8. The van der Waals surface area contributed by atoms with Crippen molar-refractivity contribution in [3.63, 3.8) is 0 Å². The molecule has 0 bridgehead atoms. The maximum Gasteiger partial charge on any atom is 0.269 e. The smallest absolute Gasteiger partial charge is 0.258 e. The number of non-ortho nitro benzene ring substituents is 1. The van der Waals surface area contributed by atoms with E-state index in [1.54, 1.807) is 12.1 Å². The summed E-state index contributed by atoms with van der Waals surface area (Å²) in [5, 5.41) is 10.5. The third-order valence-electron chi connectivity index (χ3n) is 3.33. The van der Waals surface area contributed by atoms with Crippen LogP contribution in [0.3, 0.4) is 0 Å². The van der Waals surface area contributed by atoms with E-state index in [0.29, 0.717) is 6.42 Å². The molecule has 0 aliphatic rings. The lowest BCUT2D eigenvalue weighted by molar-refractivity contribution is -0.384. The monoisotopic (exact) mass is 289 g/mol. The van der Waals surface area contributed by atoms with Crippen molar-refractivity contribution >= 4 is 17.3 Å². The van der Waals surface area contributed by atoms with Gasteiger partial charge in [0.05, 0.1) is 10.3 Å². The van der Waals surface area contributed by atoms with Crippen molar-refractivity contribution < 1.29 is 4.92 Å². The average Bonchev–Trinajstić information content (AvgIpc) is 2.42. The first-order valence-corrected chi connectivity index (χ1v) is 6.85. The maximum atomic E-state index is 10.6. The van der Waals surface area contributed by atoms with Gasteiger partial charge in [-0.15, -0.1) is 11.6 Å². The number of nitro groups is 1. The number of hydrogen-bond acceptors (Lipinski definition) is 2. The van der Waals surface area contributed by atoms with E-state index in [4.69, 9.17) is 11.6 Å².